The fraction of sp³-hybridized carbons (Fsp3) is 0.304. The van der Waals surface area contributed by atoms with Crippen LogP contribution in [0.3, 0.4) is 0 Å². The molecule has 2 aromatic carbocycles. The Hall–Kier alpha value is -3.28. The first-order valence-corrected chi connectivity index (χ1v) is 9.73. The molecule has 3 aromatic rings. The first kappa shape index (κ1) is 20.5. The number of para-hydroxylation sites is 3. The maximum Gasteiger partial charge on any atom is 0.220 e. The third-order valence-electron chi connectivity index (χ3n) is 4.79. The van der Waals surface area contributed by atoms with Gasteiger partial charge in [0, 0.05) is 12.1 Å². The second-order valence-corrected chi connectivity index (χ2v) is 6.75. The minimum atomic E-state index is -0.000104. The van der Waals surface area contributed by atoms with Crippen LogP contribution in [-0.2, 0) is 11.2 Å². The second kappa shape index (κ2) is 9.78. The summed E-state index contributed by atoms with van der Waals surface area (Å²) < 4.78 is 12.9. The summed E-state index contributed by atoms with van der Waals surface area (Å²) in [7, 11) is 1.61. The topological polar surface area (TPSA) is 65.4 Å². The van der Waals surface area contributed by atoms with E-state index in [2.05, 4.69) is 10.4 Å². The highest BCUT2D eigenvalue weighted by molar-refractivity contribution is 5.76. The number of amides is 1. The van der Waals surface area contributed by atoms with Gasteiger partial charge in [0.15, 0.2) is 11.5 Å². The molecule has 6 heteroatoms. The molecule has 0 radical (unpaired) electrons. The molecule has 152 valence electrons. The zero-order chi connectivity index (χ0) is 20.6. The summed E-state index contributed by atoms with van der Waals surface area (Å²) in [4.78, 5) is 12.2. The molecular weight excluding hydrogens is 366 g/mol. The number of rotatable bonds is 9. The lowest BCUT2D eigenvalue weighted by molar-refractivity contribution is -0.121. The first-order chi connectivity index (χ1) is 14.1. The molecule has 29 heavy (non-hydrogen) atoms. The van der Waals surface area contributed by atoms with E-state index in [0.29, 0.717) is 37.5 Å². The third-order valence-corrected chi connectivity index (χ3v) is 4.79. The molecule has 0 spiro atoms. The SMILES string of the molecule is COc1ccccc1OCCNC(=O)CCc1c(C)nn(-c2ccccc2)c1C. The molecule has 0 saturated heterocycles. The van der Waals surface area contributed by atoms with Crippen molar-refractivity contribution in [2.45, 2.75) is 26.7 Å². The Balaban J connectivity index is 1.48. The van der Waals surface area contributed by atoms with Crippen LogP contribution in [0.15, 0.2) is 54.6 Å². The van der Waals surface area contributed by atoms with Gasteiger partial charge in [0.05, 0.1) is 25.0 Å². The van der Waals surface area contributed by atoms with Crippen LogP contribution in [0.25, 0.3) is 5.69 Å². The summed E-state index contributed by atoms with van der Waals surface area (Å²) in [5.41, 5.74) is 4.17. The summed E-state index contributed by atoms with van der Waals surface area (Å²) in [5.74, 6) is 1.35. The van der Waals surface area contributed by atoms with Gasteiger partial charge in [-0.3, -0.25) is 4.79 Å². The van der Waals surface area contributed by atoms with Crippen molar-refractivity contribution in [2.24, 2.45) is 0 Å². The van der Waals surface area contributed by atoms with Crippen molar-refractivity contribution in [3.05, 3.63) is 71.5 Å². The molecule has 0 aliphatic carbocycles. The Morgan fingerprint density at radius 3 is 2.45 bits per heavy atom. The summed E-state index contributed by atoms with van der Waals surface area (Å²) in [5, 5.41) is 7.54. The predicted octanol–water partition coefficient (Wildman–Crippen LogP) is 3.63. The fourth-order valence-corrected chi connectivity index (χ4v) is 3.27. The fourth-order valence-electron chi connectivity index (χ4n) is 3.27. The van der Waals surface area contributed by atoms with Crippen molar-refractivity contribution in [3.63, 3.8) is 0 Å². The standard InChI is InChI=1S/C23H27N3O3/c1-17-20(18(2)26(25-17)19-9-5-4-6-10-19)13-14-23(27)24-15-16-29-22-12-8-7-11-21(22)28-3/h4-12H,13-16H2,1-3H3,(H,24,27). The monoisotopic (exact) mass is 393 g/mol. The normalized spacial score (nSPS) is 10.6. The zero-order valence-electron chi connectivity index (χ0n) is 17.1. The van der Waals surface area contributed by atoms with Crippen LogP contribution < -0.4 is 14.8 Å². The molecule has 1 N–H and O–H groups in total. The van der Waals surface area contributed by atoms with E-state index in [4.69, 9.17) is 9.47 Å². The number of benzene rings is 2. The van der Waals surface area contributed by atoms with Crippen LogP contribution in [0.2, 0.25) is 0 Å². The molecule has 6 nitrogen and oxygen atoms in total. The highest BCUT2D eigenvalue weighted by Gasteiger charge is 2.14. The summed E-state index contributed by atoms with van der Waals surface area (Å²) >= 11 is 0. The van der Waals surface area contributed by atoms with Crippen molar-refractivity contribution >= 4 is 5.91 Å². The largest absolute Gasteiger partial charge is 0.493 e. The van der Waals surface area contributed by atoms with E-state index >= 15 is 0 Å². The lowest BCUT2D eigenvalue weighted by atomic mass is 10.1. The number of nitrogens with one attached hydrogen (secondary N) is 1. The quantitative estimate of drug-likeness (QED) is 0.564. The van der Waals surface area contributed by atoms with Gasteiger partial charge in [0.1, 0.15) is 6.61 Å². The molecule has 1 heterocycles. The number of aryl methyl sites for hydroxylation is 1. The van der Waals surface area contributed by atoms with Crippen LogP contribution >= 0.6 is 0 Å². The van der Waals surface area contributed by atoms with E-state index in [1.807, 2.05) is 73.1 Å². The highest BCUT2D eigenvalue weighted by atomic mass is 16.5. The summed E-state index contributed by atoms with van der Waals surface area (Å²) in [6.45, 7) is 4.86. The number of hydrogen-bond acceptors (Lipinski definition) is 4. The first-order valence-electron chi connectivity index (χ1n) is 9.73. The van der Waals surface area contributed by atoms with Gasteiger partial charge < -0.3 is 14.8 Å². The summed E-state index contributed by atoms with van der Waals surface area (Å²) in [6.07, 6.45) is 1.07. The molecule has 0 unspecified atom stereocenters. The Kier molecular flexibility index (Phi) is 6.89. The molecule has 0 aliphatic heterocycles. The second-order valence-electron chi connectivity index (χ2n) is 6.75. The summed E-state index contributed by atoms with van der Waals surface area (Å²) in [6, 6.07) is 17.5. The average molecular weight is 393 g/mol. The van der Waals surface area contributed by atoms with Crippen LogP contribution in [0.4, 0.5) is 0 Å². The van der Waals surface area contributed by atoms with Crippen LogP contribution in [0.5, 0.6) is 11.5 Å². The van der Waals surface area contributed by atoms with Crippen molar-refractivity contribution in [1.29, 1.82) is 0 Å². The van der Waals surface area contributed by atoms with Crippen molar-refractivity contribution in [3.8, 4) is 17.2 Å². The van der Waals surface area contributed by atoms with E-state index in [0.717, 1.165) is 22.6 Å². The van der Waals surface area contributed by atoms with E-state index in [1.165, 1.54) is 0 Å². The van der Waals surface area contributed by atoms with Gasteiger partial charge in [-0.05, 0) is 50.1 Å². The smallest absolute Gasteiger partial charge is 0.220 e. The number of ether oxygens (including phenoxy) is 2. The van der Waals surface area contributed by atoms with Gasteiger partial charge in [-0.15, -0.1) is 0 Å². The maximum absolute atomic E-state index is 12.2. The number of methoxy groups -OCH3 is 1. The molecular formula is C23H27N3O3. The van der Waals surface area contributed by atoms with Gasteiger partial charge in [0.2, 0.25) is 5.91 Å². The number of hydrogen-bond donors (Lipinski definition) is 1. The maximum atomic E-state index is 12.2. The predicted molar refractivity (Wildman–Crippen MR) is 113 cm³/mol. The van der Waals surface area contributed by atoms with Gasteiger partial charge in [-0.1, -0.05) is 30.3 Å². The van der Waals surface area contributed by atoms with Crippen molar-refractivity contribution in [1.82, 2.24) is 15.1 Å². The molecule has 1 aromatic heterocycles. The van der Waals surface area contributed by atoms with Crippen LogP contribution in [0, 0.1) is 13.8 Å². The average Bonchev–Trinajstić information content (AvgIpc) is 3.04. The van der Waals surface area contributed by atoms with Crippen molar-refractivity contribution in [2.75, 3.05) is 20.3 Å². The lowest BCUT2D eigenvalue weighted by Gasteiger charge is -2.11. The highest BCUT2D eigenvalue weighted by Crippen LogP contribution is 2.25. The van der Waals surface area contributed by atoms with Gasteiger partial charge in [0.25, 0.3) is 0 Å². The lowest BCUT2D eigenvalue weighted by Crippen LogP contribution is -2.28. The number of nitrogens with zero attached hydrogens (tertiary/aromatic N) is 2. The minimum absolute atomic E-state index is 0.000104. The molecule has 0 atom stereocenters. The third kappa shape index (κ3) is 5.16. The number of carbonyl (C=O) groups is 1. The van der Waals surface area contributed by atoms with Crippen molar-refractivity contribution < 1.29 is 14.3 Å². The van der Waals surface area contributed by atoms with Gasteiger partial charge in [-0.2, -0.15) is 5.10 Å². The molecule has 0 fully saturated rings. The molecule has 3 rings (SSSR count). The van der Waals surface area contributed by atoms with E-state index in [-0.39, 0.29) is 5.91 Å². The minimum Gasteiger partial charge on any atom is -0.493 e. The van der Waals surface area contributed by atoms with E-state index < -0.39 is 0 Å². The van der Waals surface area contributed by atoms with E-state index in [9.17, 15) is 4.79 Å². The Bertz CT molecular complexity index is 951. The Labute approximate surface area is 171 Å². The van der Waals surface area contributed by atoms with Crippen LogP contribution in [-0.4, -0.2) is 35.9 Å². The van der Waals surface area contributed by atoms with E-state index in [1.54, 1.807) is 7.11 Å². The van der Waals surface area contributed by atoms with Crippen LogP contribution in [0.1, 0.15) is 23.4 Å². The Morgan fingerprint density at radius 2 is 1.72 bits per heavy atom. The van der Waals surface area contributed by atoms with Gasteiger partial charge in [-0.25, -0.2) is 4.68 Å². The molecule has 0 bridgehead atoms. The molecule has 0 saturated carbocycles. The number of aromatic nitrogens is 2. The zero-order valence-corrected chi connectivity index (χ0v) is 17.1. The molecule has 0 aliphatic rings. The molecule has 1 amide bonds. The Morgan fingerprint density at radius 1 is 1.03 bits per heavy atom. The number of carbonyl (C=O) groups excluding carboxylic acids is 1. The van der Waals surface area contributed by atoms with Gasteiger partial charge >= 0.3 is 0 Å².